The van der Waals surface area contributed by atoms with Crippen LogP contribution in [0.5, 0.6) is 0 Å². The maximum Gasteiger partial charge on any atom is 0.253 e. The van der Waals surface area contributed by atoms with Crippen LogP contribution in [0.2, 0.25) is 0 Å². The number of nitrogens with two attached hydrogens (primary N) is 1. The summed E-state index contributed by atoms with van der Waals surface area (Å²) >= 11 is 5.22. The van der Waals surface area contributed by atoms with E-state index < -0.39 is 0 Å². The van der Waals surface area contributed by atoms with E-state index in [2.05, 4.69) is 28.2 Å². The molecule has 100 valence electrons. The minimum absolute atomic E-state index is 0.109. The molecule has 3 nitrogen and oxygen atoms in total. The number of carbonyl (C=O) groups excluding carboxylic acids is 1. The van der Waals surface area contributed by atoms with Crippen molar-refractivity contribution in [3.63, 3.8) is 0 Å². The predicted molar refractivity (Wildman–Crippen MR) is 83.1 cm³/mol. The lowest BCUT2D eigenvalue weighted by Gasteiger charge is -2.14. The van der Waals surface area contributed by atoms with Crippen molar-refractivity contribution in [3.05, 3.63) is 28.2 Å². The molecule has 0 saturated carbocycles. The van der Waals surface area contributed by atoms with E-state index in [1.807, 2.05) is 24.8 Å². The molecule has 0 aliphatic rings. The number of halogens is 1. The highest BCUT2D eigenvalue weighted by molar-refractivity contribution is 9.10. The number of rotatable bonds is 6. The molecule has 3 N–H and O–H groups in total. The molecular formula is C13H19BrN2OS. The first-order valence-electron chi connectivity index (χ1n) is 5.98. The van der Waals surface area contributed by atoms with Crippen LogP contribution >= 0.6 is 27.7 Å². The summed E-state index contributed by atoms with van der Waals surface area (Å²) in [6, 6.07) is 5.47. The van der Waals surface area contributed by atoms with Crippen molar-refractivity contribution in [1.82, 2.24) is 5.32 Å². The molecule has 1 aromatic carbocycles. The molecule has 5 heteroatoms. The van der Waals surface area contributed by atoms with Crippen LogP contribution in [0.25, 0.3) is 0 Å². The van der Waals surface area contributed by atoms with Gasteiger partial charge in [0.15, 0.2) is 0 Å². The number of thioether (sulfide) groups is 1. The SMILES string of the molecule is CCSCCC(C)NC(=O)c1cc(Br)ccc1N. The Hall–Kier alpha value is -0.680. The van der Waals surface area contributed by atoms with Crippen LogP contribution in [-0.2, 0) is 0 Å². The van der Waals surface area contributed by atoms with Gasteiger partial charge >= 0.3 is 0 Å². The van der Waals surface area contributed by atoms with Crippen molar-refractivity contribution in [2.24, 2.45) is 0 Å². The van der Waals surface area contributed by atoms with Crippen LogP contribution in [-0.4, -0.2) is 23.5 Å². The van der Waals surface area contributed by atoms with Crippen LogP contribution in [0.1, 0.15) is 30.6 Å². The van der Waals surface area contributed by atoms with Gasteiger partial charge in [-0.15, -0.1) is 0 Å². The van der Waals surface area contributed by atoms with E-state index in [-0.39, 0.29) is 11.9 Å². The highest BCUT2D eigenvalue weighted by Crippen LogP contribution is 2.18. The van der Waals surface area contributed by atoms with Gasteiger partial charge in [0.05, 0.1) is 5.56 Å². The van der Waals surface area contributed by atoms with E-state index in [1.54, 1.807) is 12.1 Å². The fourth-order valence-corrected chi connectivity index (χ4v) is 2.67. The Morgan fingerprint density at radius 2 is 2.28 bits per heavy atom. The zero-order valence-corrected chi connectivity index (χ0v) is 13.1. The third kappa shape index (κ3) is 4.90. The molecule has 1 aromatic rings. The molecule has 1 amide bonds. The van der Waals surface area contributed by atoms with Gasteiger partial charge in [-0.3, -0.25) is 4.79 Å². The van der Waals surface area contributed by atoms with E-state index in [0.29, 0.717) is 11.3 Å². The number of nitrogens with one attached hydrogen (secondary N) is 1. The second-order valence-corrected chi connectivity index (χ2v) is 6.40. The van der Waals surface area contributed by atoms with E-state index in [4.69, 9.17) is 5.73 Å². The third-order valence-electron chi connectivity index (χ3n) is 2.54. The molecule has 18 heavy (non-hydrogen) atoms. The molecule has 1 rings (SSSR count). The first kappa shape index (κ1) is 15.4. The molecule has 0 spiro atoms. The number of anilines is 1. The van der Waals surface area contributed by atoms with Crippen molar-refractivity contribution in [1.29, 1.82) is 0 Å². The summed E-state index contributed by atoms with van der Waals surface area (Å²) in [6.07, 6.45) is 0.970. The van der Waals surface area contributed by atoms with Gasteiger partial charge < -0.3 is 11.1 Å². The van der Waals surface area contributed by atoms with Crippen molar-refractivity contribution in [2.75, 3.05) is 17.2 Å². The molecule has 0 aliphatic heterocycles. The molecule has 1 atom stereocenters. The van der Waals surface area contributed by atoms with E-state index in [1.165, 1.54) is 0 Å². The van der Waals surface area contributed by atoms with Crippen LogP contribution in [0.15, 0.2) is 22.7 Å². The molecule has 0 fully saturated rings. The maximum atomic E-state index is 12.0. The van der Waals surface area contributed by atoms with E-state index in [9.17, 15) is 4.79 Å². The minimum atomic E-state index is -0.109. The van der Waals surface area contributed by atoms with Crippen LogP contribution in [0.3, 0.4) is 0 Å². The number of hydrogen-bond acceptors (Lipinski definition) is 3. The van der Waals surface area contributed by atoms with Gasteiger partial charge in [0.25, 0.3) is 5.91 Å². The van der Waals surface area contributed by atoms with Crippen molar-refractivity contribution < 1.29 is 4.79 Å². The Balaban J connectivity index is 2.56. The first-order chi connectivity index (χ1) is 8.54. The van der Waals surface area contributed by atoms with Crippen LogP contribution < -0.4 is 11.1 Å². The first-order valence-corrected chi connectivity index (χ1v) is 7.93. The summed E-state index contributed by atoms with van der Waals surface area (Å²) in [4.78, 5) is 12.0. The van der Waals surface area contributed by atoms with Crippen molar-refractivity contribution in [3.8, 4) is 0 Å². The second kappa shape index (κ2) is 7.69. The van der Waals surface area contributed by atoms with E-state index >= 15 is 0 Å². The summed E-state index contributed by atoms with van der Waals surface area (Å²) in [6.45, 7) is 4.15. The molecule has 1 unspecified atom stereocenters. The Bertz CT molecular complexity index is 412. The van der Waals surface area contributed by atoms with Crippen molar-refractivity contribution in [2.45, 2.75) is 26.3 Å². The largest absolute Gasteiger partial charge is 0.398 e. The zero-order valence-electron chi connectivity index (χ0n) is 10.7. The summed E-state index contributed by atoms with van der Waals surface area (Å²) in [5.41, 5.74) is 6.83. The summed E-state index contributed by atoms with van der Waals surface area (Å²) in [7, 11) is 0. The Morgan fingerprint density at radius 3 is 2.94 bits per heavy atom. The topological polar surface area (TPSA) is 55.1 Å². The van der Waals surface area contributed by atoms with Gasteiger partial charge in [0.2, 0.25) is 0 Å². The number of nitrogen functional groups attached to an aromatic ring is 1. The average Bonchev–Trinajstić information content (AvgIpc) is 2.32. The molecule has 0 radical (unpaired) electrons. The quantitative estimate of drug-likeness (QED) is 0.621. The summed E-state index contributed by atoms with van der Waals surface area (Å²) < 4.78 is 0.857. The van der Waals surface area contributed by atoms with Gasteiger partial charge in [-0.05, 0) is 43.0 Å². The molecule has 0 aromatic heterocycles. The number of benzene rings is 1. The second-order valence-electron chi connectivity index (χ2n) is 4.09. The lowest BCUT2D eigenvalue weighted by Crippen LogP contribution is -2.33. The van der Waals surface area contributed by atoms with Gasteiger partial charge in [0, 0.05) is 16.2 Å². The molecular weight excluding hydrogens is 312 g/mol. The number of hydrogen-bond donors (Lipinski definition) is 2. The standard InChI is InChI=1S/C13H19BrN2OS/c1-3-18-7-6-9(2)16-13(17)11-8-10(14)4-5-12(11)15/h4-5,8-9H,3,6-7,15H2,1-2H3,(H,16,17). The minimum Gasteiger partial charge on any atom is -0.398 e. The van der Waals surface area contributed by atoms with Crippen molar-refractivity contribution >= 4 is 39.3 Å². The lowest BCUT2D eigenvalue weighted by atomic mass is 10.1. The van der Waals surface area contributed by atoms with E-state index in [0.717, 1.165) is 22.4 Å². The predicted octanol–water partition coefficient (Wildman–Crippen LogP) is 3.29. The Labute approximate surface area is 121 Å². The number of amides is 1. The molecule has 0 bridgehead atoms. The summed E-state index contributed by atoms with van der Waals surface area (Å²) in [5, 5.41) is 2.97. The highest BCUT2D eigenvalue weighted by atomic mass is 79.9. The average molecular weight is 331 g/mol. The fourth-order valence-electron chi connectivity index (χ4n) is 1.50. The zero-order chi connectivity index (χ0) is 13.5. The van der Waals surface area contributed by atoms with Gasteiger partial charge in [-0.1, -0.05) is 22.9 Å². The molecule has 0 aliphatic carbocycles. The number of carbonyl (C=O) groups is 1. The Morgan fingerprint density at radius 1 is 1.56 bits per heavy atom. The van der Waals surface area contributed by atoms with Gasteiger partial charge in [-0.2, -0.15) is 11.8 Å². The lowest BCUT2D eigenvalue weighted by molar-refractivity contribution is 0.0940. The van der Waals surface area contributed by atoms with Crippen LogP contribution in [0, 0.1) is 0 Å². The van der Waals surface area contributed by atoms with Gasteiger partial charge in [0.1, 0.15) is 0 Å². The molecule has 0 heterocycles. The third-order valence-corrected chi connectivity index (χ3v) is 3.96. The monoisotopic (exact) mass is 330 g/mol. The Kier molecular flexibility index (Phi) is 6.57. The van der Waals surface area contributed by atoms with Gasteiger partial charge in [-0.25, -0.2) is 0 Å². The highest BCUT2D eigenvalue weighted by Gasteiger charge is 2.12. The normalized spacial score (nSPS) is 12.2. The summed E-state index contributed by atoms with van der Waals surface area (Å²) in [5.74, 6) is 2.06. The maximum absolute atomic E-state index is 12.0. The molecule has 0 saturated heterocycles. The fraction of sp³-hybridized carbons (Fsp3) is 0.462. The van der Waals surface area contributed by atoms with Crippen LogP contribution in [0.4, 0.5) is 5.69 Å². The smallest absolute Gasteiger partial charge is 0.253 e.